The largest absolute Gasteiger partial charge is 0.365 e. The van der Waals surface area contributed by atoms with Crippen molar-refractivity contribution in [2.24, 2.45) is 0 Å². The average Bonchev–Trinajstić information content (AvgIpc) is 2.20. The van der Waals surface area contributed by atoms with E-state index in [1.54, 1.807) is 6.92 Å². The van der Waals surface area contributed by atoms with Crippen LogP contribution >= 0.6 is 0 Å². The lowest BCUT2D eigenvalue weighted by Gasteiger charge is -2.25. The molecule has 92 valence electrons. The van der Waals surface area contributed by atoms with Crippen molar-refractivity contribution in [2.45, 2.75) is 64.7 Å². The lowest BCUT2D eigenvalue weighted by molar-refractivity contribution is -0.138. The van der Waals surface area contributed by atoms with E-state index < -0.39 is 6.10 Å². The summed E-state index contributed by atoms with van der Waals surface area (Å²) in [4.78, 5) is 22.6. The van der Waals surface area contributed by atoms with E-state index in [2.05, 4.69) is 5.32 Å². The zero-order chi connectivity index (χ0) is 12.1. The third-order valence-corrected chi connectivity index (χ3v) is 2.69. The normalized spacial score (nSPS) is 19.9. The summed E-state index contributed by atoms with van der Waals surface area (Å²) in [5.74, 6) is 0.228. The third-order valence-electron chi connectivity index (χ3n) is 2.69. The molecule has 1 amide bonds. The van der Waals surface area contributed by atoms with Crippen LogP contribution < -0.4 is 5.32 Å². The van der Waals surface area contributed by atoms with Crippen LogP contribution in [0.5, 0.6) is 0 Å². The number of amides is 1. The topological polar surface area (TPSA) is 55.4 Å². The summed E-state index contributed by atoms with van der Waals surface area (Å²) in [6, 6.07) is 0.131. The summed E-state index contributed by atoms with van der Waals surface area (Å²) in [7, 11) is 0. The van der Waals surface area contributed by atoms with Gasteiger partial charge >= 0.3 is 0 Å². The van der Waals surface area contributed by atoms with Crippen molar-refractivity contribution in [3.05, 3.63) is 0 Å². The number of hydrogen-bond acceptors (Lipinski definition) is 3. The molecule has 16 heavy (non-hydrogen) atoms. The van der Waals surface area contributed by atoms with E-state index in [4.69, 9.17) is 4.74 Å². The molecule has 4 nitrogen and oxygen atoms in total. The van der Waals surface area contributed by atoms with Crippen LogP contribution in [0.1, 0.15) is 46.5 Å². The molecular weight excluding hydrogens is 206 g/mol. The number of hydrogen-bond donors (Lipinski definition) is 1. The highest BCUT2D eigenvalue weighted by molar-refractivity contribution is 5.81. The van der Waals surface area contributed by atoms with Crippen LogP contribution in [0.15, 0.2) is 0 Å². The number of carbonyl (C=O) groups is 2. The van der Waals surface area contributed by atoms with Gasteiger partial charge in [0.15, 0.2) is 0 Å². The molecule has 0 heterocycles. The van der Waals surface area contributed by atoms with E-state index in [1.807, 2.05) is 13.8 Å². The first kappa shape index (κ1) is 13.2. The van der Waals surface area contributed by atoms with Crippen LogP contribution in [0.3, 0.4) is 0 Å². The Balaban J connectivity index is 2.30. The van der Waals surface area contributed by atoms with E-state index in [-0.39, 0.29) is 18.1 Å². The Morgan fingerprint density at radius 1 is 1.31 bits per heavy atom. The highest BCUT2D eigenvalue weighted by atomic mass is 16.5. The van der Waals surface area contributed by atoms with E-state index in [9.17, 15) is 9.59 Å². The minimum absolute atomic E-state index is 0.0608. The first-order valence-corrected chi connectivity index (χ1v) is 5.96. The standard InChI is InChI=1S/C12H21NO3/c1-8(2)13-12(15)9(3)16-11-6-4-10(14)5-7-11/h8-9,11H,4-7H2,1-3H3,(H,13,15). The van der Waals surface area contributed by atoms with Crippen LogP contribution in [-0.4, -0.2) is 29.9 Å². The Labute approximate surface area is 96.7 Å². The maximum Gasteiger partial charge on any atom is 0.249 e. The molecule has 1 aliphatic rings. The Morgan fingerprint density at radius 3 is 2.38 bits per heavy atom. The molecule has 1 rings (SSSR count). The summed E-state index contributed by atoms with van der Waals surface area (Å²) in [6.45, 7) is 5.60. The second-order valence-corrected chi connectivity index (χ2v) is 4.68. The van der Waals surface area contributed by atoms with Gasteiger partial charge in [-0.25, -0.2) is 0 Å². The van der Waals surface area contributed by atoms with Gasteiger partial charge in [-0.15, -0.1) is 0 Å². The van der Waals surface area contributed by atoms with E-state index in [0.717, 1.165) is 12.8 Å². The molecule has 4 heteroatoms. The number of carbonyl (C=O) groups excluding carboxylic acids is 2. The van der Waals surface area contributed by atoms with Crippen molar-refractivity contribution in [2.75, 3.05) is 0 Å². The average molecular weight is 227 g/mol. The van der Waals surface area contributed by atoms with Gasteiger partial charge in [-0.1, -0.05) is 0 Å². The fourth-order valence-electron chi connectivity index (χ4n) is 1.80. The van der Waals surface area contributed by atoms with Crippen molar-refractivity contribution < 1.29 is 14.3 Å². The van der Waals surface area contributed by atoms with Gasteiger partial charge in [-0.05, 0) is 33.6 Å². The summed E-state index contributed by atoms with van der Waals surface area (Å²) in [6.07, 6.45) is 2.30. The first-order valence-electron chi connectivity index (χ1n) is 5.96. The van der Waals surface area contributed by atoms with Crippen molar-refractivity contribution in [1.82, 2.24) is 5.32 Å². The molecule has 1 aliphatic carbocycles. The molecule has 0 aliphatic heterocycles. The predicted molar refractivity (Wildman–Crippen MR) is 61.1 cm³/mol. The van der Waals surface area contributed by atoms with Crippen molar-refractivity contribution in [1.29, 1.82) is 0 Å². The van der Waals surface area contributed by atoms with E-state index >= 15 is 0 Å². The minimum Gasteiger partial charge on any atom is -0.365 e. The maximum atomic E-state index is 11.6. The van der Waals surface area contributed by atoms with Gasteiger partial charge in [-0.3, -0.25) is 9.59 Å². The molecule has 0 aromatic carbocycles. The van der Waals surface area contributed by atoms with Crippen molar-refractivity contribution >= 4 is 11.7 Å². The third kappa shape index (κ3) is 4.31. The number of rotatable bonds is 4. The number of ether oxygens (including phenoxy) is 1. The zero-order valence-corrected chi connectivity index (χ0v) is 10.3. The Morgan fingerprint density at radius 2 is 1.88 bits per heavy atom. The maximum absolute atomic E-state index is 11.6. The van der Waals surface area contributed by atoms with Gasteiger partial charge < -0.3 is 10.1 Å². The Hall–Kier alpha value is -0.900. The van der Waals surface area contributed by atoms with Crippen LogP contribution in [0.25, 0.3) is 0 Å². The fraction of sp³-hybridized carbons (Fsp3) is 0.833. The fourth-order valence-corrected chi connectivity index (χ4v) is 1.80. The molecule has 1 atom stereocenters. The second-order valence-electron chi connectivity index (χ2n) is 4.68. The van der Waals surface area contributed by atoms with Gasteiger partial charge in [0.25, 0.3) is 0 Å². The van der Waals surface area contributed by atoms with Crippen LogP contribution in [-0.2, 0) is 14.3 Å². The molecule has 0 aromatic heterocycles. The smallest absolute Gasteiger partial charge is 0.249 e. The minimum atomic E-state index is -0.430. The lowest BCUT2D eigenvalue weighted by Crippen LogP contribution is -2.40. The molecule has 0 bridgehead atoms. The second kappa shape index (κ2) is 5.99. The predicted octanol–water partition coefficient (Wildman–Crippen LogP) is 1.43. The lowest BCUT2D eigenvalue weighted by atomic mass is 9.96. The van der Waals surface area contributed by atoms with E-state index in [0.29, 0.717) is 18.6 Å². The SMILES string of the molecule is CC(C)NC(=O)C(C)OC1CCC(=O)CC1. The van der Waals surface area contributed by atoms with Crippen molar-refractivity contribution in [3.63, 3.8) is 0 Å². The highest BCUT2D eigenvalue weighted by Crippen LogP contribution is 2.19. The van der Waals surface area contributed by atoms with Crippen LogP contribution in [0, 0.1) is 0 Å². The molecular formula is C12H21NO3. The quantitative estimate of drug-likeness (QED) is 0.790. The van der Waals surface area contributed by atoms with E-state index in [1.165, 1.54) is 0 Å². The molecule has 0 saturated heterocycles. The molecule has 1 unspecified atom stereocenters. The Kier molecular flexibility index (Phi) is 4.93. The monoisotopic (exact) mass is 227 g/mol. The summed E-state index contributed by atoms with van der Waals surface area (Å²) < 4.78 is 5.64. The zero-order valence-electron chi connectivity index (χ0n) is 10.3. The van der Waals surface area contributed by atoms with Gasteiger partial charge in [0.05, 0.1) is 6.10 Å². The highest BCUT2D eigenvalue weighted by Gasteiger charge is 2.23. The van der Waals surface area contributed by atoms with Crippen LogP contribution in [0.2, 0.25) is 0 Å². The number of ketones is 1. The van der Waals surface area contributed by atoms with Crippen LogP contribution in [0.4, 0.5) is 0 Å². The van der Waals surface area contributed by atoms with Crippen molar-refractivity contribution in [3.8, 4) is 0 Å². The summed E-state index contributed by atoms with van der Waals surface area (Å²) in [5.41, 5.74) is 0. The van der Waals surface area contributed by atoms with Gasteiger partial charge in [0.1, 0.15) is 11.9 Å². The molecule has 1 saturated carbocycles. The summed E-state index contributed by atoms with van der Waals surface area (Å²) in [5, 5.41) is 2.81. The summed E-state index contributed by atoms with van der Waals surface area (Å²) >= 11 is 0. The van der Waals surface area contributed by atoms with Gasteiger partial charge in [0.2, 0.25) is 5.91 Å². The first-order chi connectivity index (χ1) is 7.49. The molecule has 0 aromatic rings. The van der Waals surface area contributed by atoms with Gasteiger partial charge in [0, 0.05) is 18.9 Å². The van der Waals surface area contributed by atoms with Gasteiger partial charge in [-0.2, -0.15) is 0 Å². The number of nitrogens with one attached hydrogen (secondary N) is 1. The molecule has 1 N–H and O–H groups in total. The number of Topliss-reactive ketones (excluding diaryl/α,β-unsaturated/α-hetero) is 1. The Bertz CT molecular complexity index is 253. The molecule has 0 radical (unpaired) electrons. The molecule has 0 spiro atoms. The molecule has 1 fully saturated rings.